The lowest BCUT2D eigenvalue weighted by Gasteiger charge is -2.39. The van der Waals surface area contributed by atoms with E-state index in [1.165, 1.54) is 16.0 Å². The van der Waals surface area contributed by atoms with Crippen molar-refractivity contribution in [2.24, 2.45) is 5.41 Å². The lowest BCUT2D eigenvalue weighted by Crippen LogP contribution is -2.59. The first-order valence-corrected chi connectivity index (χ1v) is 29.5. The van der Waals surface area contributed by atoms with Gasteiger partial charge in [-0.15, -0.1) is 0 Å². The van der Waals surface area contributed by atoms with Crippen molar-refractivity contribution in [3.8, 4) is 0 Å². The fraction of sp³-hybridized carbons (Fsp3) is 0.418. The molecule has 0 radical (unpaired) electrons. The predicted octanol–water partition coefficient (Wildman–Crippen LogP) is 6.67. The summed E-state index contributed by atoms with van der Waals surface area (Å²) in [5.41, 5.74) is 8.85. The van der Waals surface area contributed by atoms with E-state index in [2.05, 4.69) is 55.4 Å². The zero-order valence-corrected chi connectivity index (χ0v) is 48.9. The van der Waals surface area contributed by atoms with Crippen molar-refractivity contribution in [1.29, 1.82) is 0 Å². The van der Waals surface area contributed by atoms with Crippen LogP contribution in [-0.2, 0) is 61.0 Å². The van der Waals surface area contributed by atoms with Gasteiger partial charge in [0.15, 0.2) is 0 Å². The molecule has 436 valence electrons. The third kappa shape index (κ3) is 14.3. The molecule has 2 aliphatic carbocycles. The summed E-state index contributed by atoms with van der Waals surface area (Å²) in [5, 5.41) is 21.5. The van der Waals surface area contributed by atoms with E-state index in [9.17, 15) is 33.6 Å². The number of amides is 7. The van der Waals surface area contributed by atoms with Gasteiger partial charge >= 0.3 is 0 Å². The van der Waals surface area contributed by atoms with E-state index >= 15 is 0 Å². The molecule has 0 saturated carbocycles. The van der Waals surface area contributed by atoms with Crippen molar-refractivity contribution in [2.75, 3.05) is 20.6 Å². The highest BCUT2D eigenvalue weighted by Gasteiger charge is 2.46. The van der Waals surface area contributed by atoms with Crippen molar-refractivity contribution in [2.45, 2.75) is 153 Å². The molecule has 1 fully saturated rings. The van der Waals surface area contributed by atoms with Crippen molar-refractivity contribution in [1.82, 2.24) is 47.0 Å². The Morgan fingerprint density at radius 2 is 1.08 bits per heavy atom. The van der Waals surface area contributed by atoms with Gasteiger partial charge in [-0.05, 0) is 141 Å². The van der Waals surface area contributed by atoms with E-state index in [-0.39, 0.29) is 79.4 Å². The fourth-order valence-electron chi connectivity index (χ4n) is 12.0. The van der Waals surface area contributed by atoms with Gasteiger partial charge in [-0.3, -0.25) is 33.6 Å². The quantitative estimate of drug-likeness (QED) is 0.0467. The van der Waals surface area contributed by atoms with Gasteiger partial charge in [-0.25, -0.2) is 0 Å². The number of nitrogens with zero attached hydrogens (tertiary/aromatic N) is 2. The van der Waals surface area contributed by atoms with Crippen LogP contribution in [0.4, 0.5) is 0 Å². The summed E-state index contributed by atoms with van der Waals surface area (Å²) in [7, 11) is 3.37. The van der Waals surface area contributed by atoms with E-state index in [4.69, 9.17) is 0 Å². The summed E-state index contributed by atoms with van der Waals surface area (Å²) < 4.78 is 0. The van der Waals surface area contributed by atoms with Gasteiger partial charge in [0.05, 0.1) is 24.2 Å². The van der Waals surface area contributed by atoms with Crippen LogP contribution in [0.1, 0.15) is 139 Å². The average Bonchev–Trinajstić information content (AvgIpc) is 3.99. The van der Waals surface area contributed by atoms with Crippen LogP contribution in [0.3, 0.4) is 0 Å². The molecule has 4 aliphatic rings. The predicted molar refractivity (Wildman–Crippen MR) is 322 cm³/mol. The van der Waals surface area contributed by atoms with Crippen LogP contribution in [0, 0.1) is 5.41 Å². The molecule has 16 heteroatoms. The van der Waals surface area contributed by atoms with Gasteiger partial charge in [0.1, 0.15) is 24.2 Å². The number of rotatable bonds is 18. The molecule has 9 unspecified atom stereocenters. The summed E-state index contributed by atoms with van der Waals surface area (Å²) >= 11 is 0. The minimum Gasteiger partial charge on any atom is -0.347 e. The maximum absolute atomic E-state index is 14.9. The first-order chi connectivity index (χ1) is 39.9. The van der Waals surface area contributed by atoms with Crippen molar-refractivity contribution in [3.63, 3.8) is 0 Å². The first kappa shape index (κ1) is 59.7. The number of likely N-dealkylation sites (tertiary alicyclic amines) is 1. The lowest BCUT2D eigenvalue weighted by atomic mass is 9.85. The van der Waals surface area contributed by atoms with Crippen molar-refractivity contribution < 1.29 is 33.6 Å². The minimum atomic E-state index is -0.959. The van der Waals surface area contributed by atoms with E-state index in [1.807, 2.05) is 124 Å². The Balaban J connectivity index is 0.863. The molecule has 16 nitrogen and oxygen atoms in total. The fourth-order valence-corrected chi connectivity index (χ4v) is 12.0. The first-order valence-electron chi connectivity index (χ1n) is 29.5. The number of aryl methyl sites for hydroxylation is 2. The molecular weight excluding hydrogens is 1040 g/mol. The van der Waals surface area contributed by atoms with Crippen molar-refractivity contribution in [3.05, 3.63) is 177 Å². The molecule has 2 heterocycles. The third-order valence-electron chi connectivity index (χ3n) is 17.2. The van der Waals surface area contributed by atoms with E-state index in [0.29, 0.717) is 12.0 Å². The molecule has 0 bridgehead atoms. The number of hydrogen-bond donors (Lipinski definition) is 7. The largest absolute Gasteiger partial charge is 0.347 e. The molecule has 1 saturated heterocycles. The van der Waals surface area contributed by atoms with Gasteiger partial charge in [0, 0.05) is 37.5 Å². The highest BCUT2D eigenvalue weighted by molar-refractivity contribution is 5.97. The van der Waals surface area contributed by atoms with Gasteiger partial charge in [0.25, 0.3) is 5.91 Å². The second-order valence-corrected chi connectivity index (χ2v) is 24.0. The molecule has 7 amide bonds. The summed E-state index contributed by atoms with van der Waals surface area (Å²) in [5.74, 6) is -2.24. The Labute approximate surface area is 488 Å². The van der Waals surface area contributed by atoms with Gasteiger partial charge in [0.2, 0.25) is 35.4 Å². The number of nitrogens with one attached hydrogen (secondary N) is 7. The Morgan fingerprint density at radius 1 is 0.578 bits per heavy atom. The summed E-state index contributed by atoms with van der Waals surface area (Å²) in [6.45, 7) is 9.39. The highest BCUT2D eigenvalue weighted by atomic mass is 16.2. The molecule has 2 aliphatic heterocycles. The number of likely N-dealkylation sites (N-methyl/N-ethyl adjacent to an activating group) is 2. The third-order valence-corrected chi connectivity index (χ3v) is 17.2. The monoisotopic (exact) mass is 1120 g/mol. The van der Waals surface area contributed by atoms with Gasteiger partial charge in [-0.1, -0.05) is 142 Å². The Hall–Kier alpha value is -7.95. The number of hydrogen-bond acceptors (Lipinski definition) is 9. The van der Waals surface area contributed by atoms with Crippen molar-refractivity contribution >= 4 is 53.5 Å². The zero-order chi connectivity index (χ0) is 59.0. The van der Waals surface area contributed by atoms with Crippen LogP contribution >= 0.6 is 0 Å². The van der Waals surface area contributed by atoms with E-state index in [1.54, 1.807) is 45.0 Å². The topological polar surface area (TPSA) is 210 Å². The second-order valence-electron chi connectivity index (χ2n) is 24.0. The summed E-state index contributed by atoms with van der Waals surface area (Å²) in [6, 6.07) is 33.5. The highest BCUT2D eigenvalue weighted by Crippen LogP contribution is 2.34. The molecule has 0 spiro atoms. The summed E-state index contributed by atoms with van der Waals surface area (Å²) in [4.78, 5) is 102. The van der Waals surface area contributed by atoms with Crippen LogP contribution in [0.25, 0.3) is 12.2 Å². The maximum atomic E-state index is 14.9. The molecule has 5 aromatic rings. The molecule has 9 rings (SSSR count). The normalized spacial score (nSPS) is 20.8. The smallest absolute Gasteiger partial charge is 0.251 e. The second kappa shape index (κ2) is 26.5. The van der Waals surface area contributed by atoms with Gasteiger partial charge in [-0.2, -0.15) is 0 Å². The molecular formula is C67H81N9O7. The molecule has 83 heavy (non-hydrogen) atoms. The number of carbonyl (C=O) groups excluding carboxylic acids is 7. The van der Waals surface area contributed by atoms with Crippen LogP contribution < -0.4 is 37.2 Å². The Kier molecular flexibility index (Phi) is 19.1. The number of fused-ring (bicyclic) bond motifs is 3. The zero-order valence-electron chi connectivity index (χ0n) is 48.9. The molecule has 9 atom stereocenters. The van der Waals surface area contributed by atoms with Crippen LogP contribution in [0.5, 0.6) is 0 Å². The van der Waals surface area contributed by atoms with Crippen LogP contribution in [0.2, 0.25) is 0 Å². The number of carbonyl (C=O) groups is 7. The molecule has 5 aromatic carbocycles. The maximum Gasteiger partial charge on any atom is 0.251 e. The lowest BCUT2D eigenvalue weighted by molar-refractivity contribution is -0.145. The van der Waals surface area contributed by atoms with E-state index < -0.39 is 47.7 Å². The van der Waals surface area contributed by atoms with Crippen LogP contribution in [0.15, 0.2) is 121 Å². The van der Waals surface area contributed by atoms with E-state index in [0.717, 1.165) is 77.5 Å². The minimum absolute atomic E-state index is 0.0812. The summed E-state index contributed by atoms with van der Waals surface area (Å²) in [6.07, 6.45) is 9.97. The standard InChI is InChI=1S/C67H81N9O7/c1-41(68-6)60(77)73-56(65(82)75-39-50-19-9-8-18-49(50)37-57(75)63(80)71-54-24-14-20-46-16-10-12-22-52(46)54)36-45-30-28-43(29-31-45)26-27-44-32-34-48(35-33-44)62(79)70-51-38-58(64(81)72-55-25-15-21-47-17-11-13-23-53(47)55)76(40-51)66(83)59(67(3,4)5)74-61(78)42(2)69-7/h8-13,16-19,22-23,26-35,41-42,51,54-59,68-69H,14-15,20-21,24-25,36-40H2,1-7H3,(H,70,79)(H,71,80)(H,72,81)(H,73,77)(H,74,78). The SMILES string of the molecule is CNC(C)C(=O)NC(Cc1ccc(C=Cc2ccc(C(=O)NC3CC(C(=O)NC4CCCc5ccccc54)N(C(=O)C(NC(=O)C(C)NC)C(C)(C)C)C3)cc2)cc1)C(=O)N1Cc2ccccc2CC1C(=O)NC1CCCc2ccccc21. The Morgan fingerprint density at radius 3 is 1.64 bits per heavy atom. The Bertz CT molecular complexity index is 3210. The number of benzene rings is 5. The average molecular weight is 1120 g/mol. The molecule has 7 N–H and O–H groups in total. The van der Waals surface area contributed by atoms with Gasteiger partial charge < -0.3 is 47.0 Å². The molecule has 0 aromatic heterocycles. The van der Waals surface area contributed by atoms with Crippen LogP contribution in [-0.4, -0.2) is 114 Å².